The fourth-order valence-corrected chi connectivity index (χ4v) is 0.490. The molecule has 1 atom stereocenters. The van der Waals surface area contributed by atoms with Crippen molar-refractivity contribution in [3.8, 4) is 0 Å². The molecule has 0 bridgehead atoms. The van der Waals surface area contributed by atoms with Crippen LogP contribution in [-0.4, -0.2) is 18.6 Å². The maximum atomic E-state index is 9.81. The van der Waals surface area contributed by atoms with Crippen LogP contribution in [0.1, 0.15) is 6.42 Å². The summed E-state index contributed by atoms with van der Waals surface area (Å²) in [7, 11) is 0. The Morgan fingerprint density at radius 1 is 1.86 bits per heavy atom. The van der Waals surface area contributed by atoms with Crippen molar-refractivity contribution < 1.29 is 9.90 Å². The third-order valence-corrected chi connectivity index (χ3v) is 1.11. The highest BCUT2D eigenvalue weighted by molar-refractivity contribution is 5.72. The van der Waals surface area contributed by atoms with E-state index in [-0.39, 0.29) is 6.04 Å². The highest BCUT2D eigenvalue weighted by Crippen LogP contribution is 1.97. The maximum absolute atomic E-state index is 9.81. The first kappa shape index (κ1) is 4.59. The van der Waals surface area contributed by atoms with Gasteiger partial charge >= 0.3 is 0 Å². The van der Waals surface area contributed by atoms with Crippen molar-refractivity contribution in [2.24, 2.45) is 0 Å². The summed E-state index contributed by atoms with van der Waals surface area (Å²) in [5.41, 5.74) is 0. The quantitative estimate of drug-likeness (QED) is 0.418. The monoisotopic (exact) mass is 100 g/mol. The lowest BCUT2D eigenvalue weighted by Gasteiger charge is -2.27. The summed E-state index contributed by atoms with van der Waals surface area (Å²) in [6.45, 7) is 0.818. The van der Waals surface area contributed by atoms with Gasteiger partial charge in [-0.05, 0) is 13.0 Å². The van der Waals surface area contributed by atoms with Gasteiger partial charge in [0.2, 0.25) is 0 Å². The minimum Gasteiger partial charge on any atom is -0.548 e. The van der Waals surface area contributed by atoms with E-state index in [1.165, 1.54) is 0 Å². The van der Waals surface area contributed by atoms with Gasteiger partial charge in [-0.3, -0.25) is 0 Å². The molecule has 1 rings (SSSR count). The molecular formula is C4H6NO2-. The van der Waals surface area contributed by atoms with Crippen molar-refractivity contribution in [1.29, 1.82) is 0 Å². The molecular weight excluding hydrogens is 94.0 g/mol. The molecule has 40 valence electrons. The van der Waals surface area contributed by atoms with Crippen LogP contribution in [0.3, 0.4) is 0 Å². The van der Waals surface area contributed by atoms with E-state index in [1.807, 2.05) is 0 Å². The Bertz CT molecular complexity index is 87.7. The molecule has 1 saturated heterocycles. The number of carbonyl (C=O) groups excluding carboxylic acids is 1. The van der Waals surface area contributed by atoms with Gasteiger partial charge in [-0.15, -0.1) is 0 Å². The van der Waals surface area contributed by atoms with E-state index in [9.17, 15) is 9.90 Å². The average Bonchev–Trinajstić information content (AvgIpc) is 1.23. The van der Waals surface area contributed by atoms with Crippen LogP contribution in [-0.2, 0) is 4.79 Å². The van der Waals surface area contributed by atoms with Gasteiger partial charge in [0, 0.05) is 6.04 Å². The van der Waals surface area contributed by atoms with E-state index >= 15 is 0 Å². The second kappa shape index (κ2) is 1.50. The van der Waals surface area contributed by atoms with Crippen LogP contribution in [0.25, 0.3) is 0 Å². The van der Waals surface area contributed by atoms with Gasteiger partial charge in [0.05, 0.1) is 5.97 Å². The van der Waals surface area contributed by atoms with Crippen LogP contribution < -0.4 is 10.4 Å². The van der Waals surface area contributed by atoms with E-state index in [2.05, 4.69) is 5.32 Å². The van der Waals surface area contributed by atoms with Gasteiger partial charge in [-0.2, -0.15) is 0 Å². The molecule has 1 heterocycles. The molecule has 1 aliphatic heterocycles. The molecule has 0 radical (unpaired) electrons. The van der Waals surface area contributed by atoms with Crippen LogP contribution in [0.15, 0.2) is 0 Å². The summed E-state index contributed by atoms with van der Waals surface area (Å²) in [5, 5.41) is 12.5. The Morgan fingerprint density at radius 2 is 2.43 bits per heavy atom. The Hall–Kier alpha value is -0.570. The van der Waals surface area contributed by atoms with Crippen molar-refractivity contribution in [3.05, 3.63) is 0 Å². The Morgan fingerprint density at radius 3 is 2.43 bits per heavy atom. The minimum atomic E-state index is -0.980. The molecule has 0 aromatic heterocycles. The molecule has 0 amide bonds. The van der Waals surface area contributed by atoms with Crippen LogP contribution in [0.5, 0.6) is 0 Å². The largest absolute Gasteiger partial charge is 0.548 e. The molecule has 0 spiro atoms. The molecule has 7 heavy (non-hydrogen) atoms. The molecule has 1 fully saturated rings. The zero-order valence-electron chi connectivity index (χ0n) is 3.81. The maximum Gasteiger partial charge on any atom is 0.0584 e. The zero-order chi connectivity index (χ0) is 5.28. The molecule has 0 aromatic rings. The average molecular weight is 100 g/mol. The number of nitrogens with one attached hydrogen (secondary N) is 1. The number of aliphatic carboxylic acids is 1. The molecule has 1 aliphatic rings. The summed E-state index contributed by atoms with van der Waals surface area (Å²) in [4.78, 5) is 9.81. The summed E-state index contributed by atoms with van der Waals surface area (Å²) < 4.78 is 0. The van der Waals surface area contributed by atoms with Crippen molar-refractivity contribution in [2.45, 2.75) is 12.5 Å². The van der Waals surface area contributed by atoms with E-state index in [0.29, 0.717) is 0 Å². The second-order valence-corrected chi connectivity index (χ2v) is 1.61. The van der Waals surface area contributed by atoms with Gasteiger partial charge in [-0.1, -0.05) is 0 Å². The van der Waals surface area contributed by atoms with E-state index in [0.717, 1.165) is 13.0 Å². The molecule has 1 unspecified atom stereocenters. The summed E-state index contributed by atoms with van der Waals surface area (Å²) in [6, 6.07) is -0.361. The van der Waals surface area contributed by atoms with Gasteiger partial charge in [0.1, 0.15) is 0 Å². The first-order chi connectivity index (χ1) is 3.30. The standard InChI is InChI=1S/C4H7NO2/c6-4(7)3-1-2-5-3/h3,5H,1-2H2,(H,6,7)/p-1. The molecule has 3 nitrogen and oxygen atoms in total. The number of hydrogen-bond acceptors (Lipinski definition) is 3. The number of carboxylic acids is 1. The molecule has 0 saturated carbocycles. The first-order valence-electron chi connectivity index (χ1n) is 2.25. The minimum absolute atomic E-state index is 0.361. The number of carbonyl (C=O) groups is 1. The molecule has 3 heteroatoms. The smallest absolute Gasteiger partial charge is 0.0584 e. The fraction of sp³-hybridized carbons (Fsp3) is 0.750. The Labute approximate surface area is 41.3 Å². The van der Waals surface area contributed by atoms with Gasteiger partial charge < -0.3 is 15.2 Å². The van der Waals surface area contributed by atoms with Crippen LogP contribution in [0.2, 0.25) is 0 Å². The molecule has 0 aromatic carbocycles. The van der Waals surface area contributed by atoms with Gasteiger partial charge in [0.25, 0.3) is 0 Å². The highest BCUT2D eigenvalue weighted by Gasteiger charge is 2.15. The van der Waals surface area contributed by atoms with Crippen LogP contribution in [0.4, 0.5) is 0 Å². The topological polar surface area (TPSA) is 52.2 Å². The predicted octanol–water partition coefficient (Wildman–Crippen LogP) is -1.90. The lowest BCUT2D eigenvalue weighted by Crippen LogP contribution is -2.54. The summed E-state index contributed by atoms with van der Waals surface area (Å²) in [5.74, 6) is -0.980. The Balaban J connectivity index is 2.27. The third kappa shape index (κ3) is 0.718. The van der Waals surface area contributed by atoms with Crippen LogP contribution >= 0.6 is 0 Å². The van der Waals surface area contributed by atoms with Crippen molar-refractivity contribution in [2.75, 3.05) is 6.54 Å². The summed E-state index contributed by atoms with van der Waals surface area (Å²) in [6.07, 6.45) is 0.725. The molecule has 0 aliphatic carbocycles. The lowest BCUT2D eigenvalue weighted by atomic mass is 10.1. The van der Waals surface area contributed by atoms with Crippen LogP contribution in [0, 0.1) is 0 Å². The number of hydrogen-bond donors (Lipinski definition) is 1. The van der Waals surface area contributed by atoms with E-state index in [1.54, 1.807) is 0 Å². The van der Waals surface area contributed by atoms with Crippen molar-refractivity contribution in [3.63, 3.8) is 0 Å². The third-order valence-electron chi connectivity index (χ3n) is 1.11. The lowest BCUT2D eigenvalue weighted by molar-refractivity contribution is -0.310. The number of rotatable bonds is 1. The first-order valence-corrected chi connectivity index (χ1v) is 2.25. The van der Waals surface area contributed by atoms with Crippen molar-refractivity contribution >= 4 is 5.97 Å². The highest BCUT2D eigenvalue weighted by atomic mass is 16.4. The SMILES string of the molecule is O=C([O-])C1CCN1. The van der Waals surface area contributed by atoms with Gasteiger partial charge in [0.15, 0.2) is 0 Å². The predicted molar refractivity (Wildman–Crippen MR) is 21.4 cm³/mol. The number of carboxylic acid groups (broad SMARTS) is 1. The molecule has 1 N–H and O–H groups in total. The zero-order valence-corrected chi connectivity index (χ0v) is 3.81. The Kier molecular flexibility index (Phi) is 0.982. The van der Waals surface area contributed by atoms with E-state index < -0.39 is 5.97 Å². The van der Waals surface area contributed by atoms with Gasteiger partial charge in [-0.25, -0.2) is 0 Å². The van der Waals surface area contributed by atoms with Crippen molar-refractivity contribution in [1.82, 2.24) is 5.32 Å². The second-order valence-electron chi connectivity index (χ2n) is 1.61. The fourth-order valence-electron chi connectivity index (χ4n) is 0.490. The van der Waals surface area contributed by atoms with E-state index in [4.69, 9.17) is 0 Å². The normalized spacial score (nSPS) is 28.9. The summed E-state index contributed by atoms with van der Waals surface area (Å²) >= 11 is 0.